The van der Waals surface area contributed by atoms with Crippen molar-refractivity contribution in [3.63, 3.8) is 0 Å². The van der Waals surface area contributed by atoms with Gasteiger partial charge in [-0.25, -0.2) is 0 Å². The summed E-state index contributed by atoms with van der Waals surface area (Å²) in [4.78, 5) is 13.7. The molecule has 0 radical (unpaired) electrons. The number of benzene rings is 1. The summed E-state index contributed by atoms with van der Waals surface area (Å²) >= 11 is 0. The van der Waals surface area contributed by atoms with Crippen molar-refractivity contribution in [2.45, 2.75) is 39.3 Å². The molecule has 20 heavy (non-hydrogen) atoms. The largest absolute Gasteiger partial charge is 0.378 e. The normalized spacial score (nSPS) is 11.2. The highest BCUT2D eigenvalue weighted by molar-refractivity contribution is 5.76. The number of nitrogens with one attached hydrogen (secondary N) is 2. The van der Waals surface area contributed by atoms with Gasteiger partial charge < -0.3 is 15.5 Å². The summed E-state index contributed by atoms with van der Waals surface area (Å²) < 4.78 is 0. The van der Waals surface area contributed by atoms with Crippen molar-refractivity contribution in [2.75, 3.05) is 25.5 Å². The van der Waals surface area contributed by atoms with Crippen LogP contribution in [0.2, 0.25) is 0 Å². The second-order valence-corrected chi connectivity index (χ2v) is 6.29. The fraction of sp³-hybridized carbons (Fsp3) is 0.562. The first-order valence-corrected chi connectivity index (χ1v) is 7.06. The van der Waals surface area contributed by atoms with Gasteiger partial charge in [-0.05, 0) is 38.5 Å². The van der Waals surface area contributed by atoms with Gasteiger partial charge in [0.15, 0.2) is 0 Å². The molecule has 4 heteroatoms. The molecule has 0 aromatic heterocycles. The van der Waals surface area contributed by atoms with Crippen molar-refractivity contribution in [1.29, 1.82) is 0 Å². The minimum atomic E-state index is -0.154. The SMILES string of the molecule is CN(C)c1ccc(CNCCC(=O)NC(C)(C)C)cc1. The van der Waals surface area contributed by atoms with E-state index in [0.29, 0.717) is 13.0 Å². The molecule has 0 heterocycles. The summed E-state index contributed by atoms with van der Waals surface area (Å²) in [6, 6.07) is 8.42. The van der Waals surface area contributed by atoms with Crippen molar-refractivity contribution in [2.24, 2.45) is 0 Å². The first-order chi connectivity index (χ1) is 9.28. The first kappa shape index (κ1) is 16.5. The van der Waals surface area contributed by atoms with Crippen LogP contribution in [0.5, 0.6) is 0 Å². The number of hydrogen-bond donors (Lipinski definition) is 2. The second-order valence-electron chi connectivity index (χ2n) is 6.29. The Hall–Kier alpha value is -1.55. The highest BCUT2D eigenvalue weighted by Gasteiger charge is 2.12. The maximum Gasteiger partial charge on any atom is 0.221 e. The zero-order valence-corrected chi connectivity index (χ0v) is 13.3. The molecule has 1 aromatic carbocycles. The molecule has 0 unspecified atom stereocenters. The van der Waals surface area contributed by atoms with Crippen molar-refractivity contribution in [3.8, 4) is 0 Å². The van der Waals surface area contributed by atoms with E-state index in [0.717, 1.165) is 6.54 Å². The minimum Gasteiger partial charge on any atom is -0.378 e. The molecule has 1 amide bonds. The number of nitrogens with zero attached hydrogens (tertiary/aromatic N) is 1. The Morgan fingerprint density at radius 2 is 1.75 bits per heavy atom. The van der Waals surface area contributed by atoms with Gasteiger partial charge >= 0.3 is 0 Å². The van der Waals surface area contributed by atoms with E-state index in [-0.39, 0.29) is 11.4 Å². The van der Waals surface area contributed by atoms with E-state index in [1.165, 1.54) is 11.3 Å². The van der Waals surface area contributed by atoms with Gasteiger partial charge in [-0.1, -0.05) is 12.1 Å². The lowest BCUT2D eigenvalue weighted by molar-refractivity contribution is -0.122. The summed E-state index contributed by atoms with van der Waals surface area (Å²) in [6.45, 7) is 7.45. The summed E-state index contributed by atoms with van der Waals surface area (Å²) in [5, 5.41) is 6.25. The number of anilines is 1. The van der Waals surface area contributed by atoms with Crippen molar-refractivity contribution >= 4 is 11.6 Å². The standard InChI is InChI=1S/C16H27N3O/c1-16(2,3)18-15(20)10-11-17-12-13-6-8-14(9-7-13)19(4)5/h6-9,17H,10-12H2,1-5H3,(H,18,20). The smallest absolute Gasteiger partial charge is 0.221 e. The van der Waals surface area contributed by atoms with Crippen LogP contribution in [0.4, 0.5) is 5.69 Å². The maximum absolute atomic E-state index is 11.6. The molecule has 2 N–H and O–H groups in total. The lowest BCUT2D eigenvalue weighted by Crippen LogP contribution is -2.41. The molecule has 0 aliphatic heterocycles. The topological polar surface area (TPSA) is 44.4 Å². The fourth-order valence-electron chi connectivity index (χ4n) is 1.83. The summed E-state index contributed by atoms with van der Waals surface area (Å²) in [7, 11) is 4.06. The average Bonchev–Trinajstić information content (AvgIpc) is 2.33. The van der Waals surface area contributed by atoms with Gasteiger partial charge in [0.25, 0.3) is 0 Å². The van der Waals surface area contributed by atoms with Crippen molar-refractivity contribution in [1.82, 2.24) is 10.6 Å². The third kappa shape index (κ3) is 6.57. The Labute approximate surface area is 122 Å². The molecule has 0 aliphatic carbocycles. The molecule has 0 saturated carbocycles. The third-order valence-electron chi connectivity index (χ3n) is 2.83. The van der Waals surface area contributed by atoms with Crippen molar-refractivity contribution in [3.05, 3.63) is 29.8 Å². The summed E-state index contributed by atoms with van der Waals surface area (Å²) in [6.07, 6.45) is 0.507. The molecular weight excluding hydrogens is 250 g/mol. The number of amides is 1. The average molecular weight is 277 g/mol. The quantitative estimate of drug-likeness (QED) is 0.783. The van der Waals surface area contributed by atoms with Crippen LogP contribution in [0.25, 0.3) is 0 Å². The highest BCUT2D eigenvalue weighted by atomic mass is 16.1. The van der Waals surface area contributed by atoms with E-state index in [1.807, 2.05) is 34.9 Å². The number of carbonyl (C=O) groups excluding carboxylic acids is 1. The van der Waals surface area contributed by atoms with Crippen LogP contribution in [0.3, 0.4) is 0 Å². The van der Waals surface area contributed by atoms with E-state index in [2.05, 4.69) is 39.8 Å². The van der Waals surface area contributed by atoms with Gasteiger partial charge in [-0.3, -0.25) is 4.79 Å². The fourth-order valence-corrected chi connectivity index (χ4v) is 1.83. The second kappa shape index (κ2) is 7.29. The molecule has 0 saturated heterocycles. The minimum absolute atomic E-state index is 0.0907. The van der Waals surface area contributed by atoms with Crippen LogP contribution >= 0.6 is 0 Å². The Morgan fingerprint density at radius 1 is 1.15 bits per heavy atom. The molecule has 1 aromatic rings. The number of rotatable bonds is 6. The van der Waals surface area contributed by atoms with E-state index in [1.54, 1.807) is 0 Å². The molecular formula is C16H27N3O. The number of hydrogen-bond acceptors (Lipinski definition) is 3. The lowest BCUT2D eigenvalue weighted by atomic mass is 10.1. The van der Waals surface area contributed by atoms with Crippen LogP contribution in [-0.2, 0) is 11.3 Å². The predicted molar refractivity (Wildman–Crippen MR) is 85.0 cm³/mol. The summed E-state index contributed by atoms with van der Waals surface area (Å²) in [5.41, 5.74) is 2.27. The molecule has 112 valence electrons. The molecule has 0 atom stereocenters. The van der Waals surface area contributed by atoms with Crippen LogP contribution in [0, 0.1) is 0 Å². The van der Waals surface area contributed by atoms with Crippen LogP contribution in [-0.4, -0.2) is 32.1 Å². The zero-order chi connectivity index (χ0) is 15.2. The van der Waals surface area contributed by atoms with E-state index in [4.69, 9.17) is 0 Å². The molecule has 1 rings (SSSR count). The Morgan fingerprint density at radius 3 is 2.25 bits per heavy atom. The molecule has 4 nitrogen and oxygen atoms in total. The van der Waals surface area contributed by atoms with E-state index >= 15 is 0 Å². The first-order valence-electron chi connectivity index (χ1n) is 7.06. The third-order valence-corrected chi connectivity index (χ3v) is 2.83. The zero-order valence-electron chi connectivity index (χ0n) is 13.3. The Kier molecular flexibility index (Phi) is 6.02. The predicted octanol–water partition coefficient (Wildman–Crippen LogP) is 2.15. The monoisotopic (exact) mass is 277 g/mol. The van der Waals surface area contributed by atoms with Gasteiger partial charge in [0.05, 0.1) is 0 Å². The Bertz CT molecular complexity index is 418. The highest BCUT2D eigenvalue weighted by Crippen LogP contribution is 2.11. The van der Waals surface area contributed by atoms with Gasteiger partial charge in [0.2, 0.25) is 5.91 Å². The van der Waals surface area contributed by atoms with Crippen LogP contribution in [0.1, 0.15) is 32.8 Å². The van der Waals surface area contributed by atoms with Gasteiger partial charge in [0, 0.05) is 44.8 Å². The molecule has 0 bridgehead atoms. The van der Waals surface area contributed by atoms with Crippen LogP contribution in [0.15, 0.2) is 24.3 Å². The molecule has 0 aliphatic rings. The summed E-state index contributed by atoms with van der Waals surface area (Å²) in [5.74, 6) is 0.0907. The maximum atomic E-state index is 11.6. The van der Waals surface area contributed by atoms with Gasteiger partial charge in [-0.2, -0.15) is 0 Å². The van der Waals surface area contributed by atoms with E-state index in [9.17, 15) is 4.79 Å². The number of carbonyl (C=O) groups is 1. The van der Waals surface area contributed by atoms with Gasteiger partial charge in [-0.15, -0.1) is 0 Å². The van der Waals surface area contributed by atoms with E-state index < -0.39 is 0 Å². The van der Waals surface area contributed by atoms with Crippen molar-refractivity contribution < 1.29 is 4.79 Å². The molecule has 0 spiro atoms. The van der Waals surface area contributed by atoms with Gasteiger partial charge in [0.1, 0.15) is 0 Å². The molecule has 0 fully saturated rings. The lowest BCUT2D eigenvalue weighted by Gasteiger charge is -2.20. The van der Waals surface area contributed by atoms with Crippen LogP contribution < -0.4 is 15.5 Å². The Balaban J connectivity index is 2.26.